The lowest BCUT2D eigenvalue weighted by molar-refractivity contribution is 0.240. The maximum absolute atomic E-state index is 10.4. The first-order chi connectivity index (χ1) is 4.81. The number of carbonyl (C=O) groups is 2. The molecule has 0 heterocycles. The highest BCUT2D eigenvalue weighted by molar-refractivity contribution is 7.89. The van der Waals surface area contributed by atoms with Crippen LogP contribution < -0.4 is 10.0 Å². The molecule has 0 saturated carbocycles. The fourth-order valence-electron chi connectivity index (χ4n) is 0.283. The molecule has 0 aromatic heterocycles. The molecular weight excluding hydrogens is 196 g/mol. The van der Waals surface area contributed by atoms with Crippen LogP contribution in [0.3, 0.4) is 0 Å². The van der Waals surface area contributed by atoms with Crippen LogP contribution in [0, 0.1) is 0 Å². The summed E-state index contributed by atoms with van der Waals surface area (Å²) in [5.74, 6) is 0. The van der Waals surface area contributed by atoms with Gasteiger partial charge in [0.05, 0.1) is 6.26 Å². The normalized spacial score (nSPS) is 10.4. The second-order valence-corrected chi connectivity index (χ2v) is 3.69. The first kappa shape index (κ1) is 10.2. The first-order valence-electron chi connectivity index (χ1n) is 2.29. The van der Waals surface area contributed by atoms with Crippen molar-refractivity contribution in [2.24, 2.45) is 0 Å². The second-order valence-electron chi connectivity index (χ2n) is 1.60. The molecule has 0 aromatic rings. The van der Waals surface area contributed by atoms with Crippen molar-refractivity contribution < 1.29 is 18.0 Å². The Balaban J connectivity index is 4.01. The van der Waals surface area contributed by atoms with Crippen molar-refractivity contribution >= 4 is 33.0 Å². The molecule has 0 fully saturated rings. The molecule has 0 spiro atoms. The fourth-order valence-corrected chi connectivity index (χ4v) is 0.757. The summed E-state index contributed by atoms with van der Waals surface area (Å²) >= 11 is 4.70. The van der Waals surface area contributed by atoms with Gasteiger partial charge in [-0.15, -0.1) is 0 Å². The number of rotatable bonds is 1. The Morgan fingerprint density at radius 1 is 1.36 bits per heavy atom. The van der Waals surface area contributed by atoms with Crippen LogP contribution in [0.1, 0.15) is 0 Å². The van der Waals surface area contributed by atoms with Crippen LogP contribution in [0.25, 0.3) is 0 Å². The summed E-state index contributed by atoms with van der Waals surface area (Å²) in [7, 11) is -3.64. The molecule has 0 unspecified atom stereocenters. The quantitative estimate of drug-likeness (QED) is 0.445. The van der Waals surface area contributed by atoms with E-state index in [4.69, 9.17) is 11.6 Å². The molecule has 0 aliphatic carbocycles. The summed E-state index contributed by atoms with van der Waals surface area (Å²) in [6.45, 7) is 0. The summed E-state index contributed by atoms with van der Waals surface area (Å²) in [6, 6.07) is -1.17. The predicted octanol–water partition coefficient (Wildman–Crippen LogP) is -0.396. The fraction of sp³-hybridized carbons (Fsp3) is 0.333. The zero-order valence-corrected chi connectivity index (χ0v) is 6.99. The highest BCUT2D eigenvalue weighted by Crippen LogP contribution is 1.78. The van der Waals surface area contributed by atoms with Crippen molar-refractivity contribution in [1.29, 1.82) is 0 Å². The number of halogens is 1. The number of hydrogen-bond donors (Lipinski definition) is 2. The third kappa shape index (κ3) is 7.07. The minimum atomic E-state index is -3.64. The monoisotopic (exact) mass is 200 g/mol. The summed E-state index contributed by atoms with van der Waals surface area (Å²) in [5, 5.41) is 0.350. The van der Waals surface area contributed by atoms with E-state index in [1.165, 1.54) is 10.0 Å². The lowest BCUT2D eigenvalue weighted by Crippen LogP contribution is -2.39. The van der Waals surface area contributed by atoms with E-state index in [1.807, 2.05) is 0 Å². The van der Waals surface area contributed by atoms with Crippen LogP contribution in [0.5, 0.6) is 0 Å². The number of nitrogens with one attached hydrogen (secondary N) is 2. The Labute approximate surface area is 68.0 Å². The SMILES string of the molecule is CS(=O)(=O)NC(=O)NC(=O)Cl. The summed E-state index contributed by atoms with van der Waals surface area (Å²) < 4.78 is 22.1. The highest BCUT2D eigenvalue weighted by atomic mass is 35.5. The summed E-state index contributed by atoms with van der Waals surface area (Å²) in [6.07, 6.45) is 0.769. The average molecular weight is 201 g/mol. The van der Waals surface area contributed by atoms with Gasteiger partial charge in [-0.1, -0.05) is 0 Å². The molecule has 11 heavy (non-hydrogen) atoms. The van der Waals surface area contributed by atoms with E-state index >= 15 is 0 Å². The largest absolute Gasteiger partial charge is 0.336 e. The molecule has 0 radical (unpaired) electrons. The van der Waals surface area contributed by atoms with E-state index in [2.05, 4.69) is 0 Å². The molecule has 0 aliphatic heterocycles. The van der Waals surface area contributed by atoms with Crippen LogP contribution >= 0.6 is 11.6 Å². The molecule has 6 nitrogen and oxygen atoms in total. The van der Waals surface area contributed by atoms with Crippen molar-refractivity contribution in [3.8, 4) is 0 Å². The number of hydrogen-bond acceptors (Lipinski definition) is 4. The van der Waals surface area contributed by atoms with Gasteiger partial charge in [0.15, 0.2) is 0 Å². The van der Waals surface area contributed by atoms with Gasteiger partial charge in [-0.3, -0.25) is 10.1 Å². The van der Waals surface area contributed by atoms with E-state index < -0.39 is 21.4 Å². The van der Waals surface area contributed by atoms with Gasteiger partial charge in [0.25, 0.3) is 0 Å². The number of carbonyl (C=O) groups excluding carboxylic acids is 2. The number of imide groups is 1. The van der Waals surface area contributed by atoms with Crippen molar-refractivity contribution in [3.05, 3.63) is 0 Å². The molecule has 0 atom stereocenters. The average Bonchev–Trinajstić information content (AvgIpc) is 1.53. The molecule has 0 bridgehead atoms. The van der Waals surface area contributed by atoms with Crippen molar-refractivity contribution in [2.45, 2.75) is 0 Å². The molecule has 0 aromatic carbocycles. The maximum Gasteiger partial charge on any atom is 0.336 e. The second kappa shape index (κ2) is 3.54. The third-order valence-electron chi connectivity index (χ3n) is 0.490. The van der Waals surface area contributed by atoms with E-state index in [9.17, 15) is 18.0 Å². The van der Waals surface area contributed by atoms with Gasteiger partial charge in [0.2, 0.25) is 10.0 Å². The van der Waals surface area contributed by atoms with Crippen LogP contribution in [0.2, 0.25) is 0 Å². The van der Waals surface area contributed by atoms with Crippen LogP contribution in [0.4, 0.5) is 9.59 Å². The summed E-state index contributed by atoms with van der Waals surface area (Å²) in [5.41, 5.74) is 0. The van der Waals surface area contributed by atoms with Gasteiger partial charge in [0.1, 0.15) is 0 Å². The van der Waals surface area contributed by atoms with E-state index in [0.29, 0.717) is 0 Å². The third-order valence-corrected chi connectivity index (χ3v) is 1.14. The van der Waals surface area contributed by atoms with Gasteiger partial charge in [-0.25, -0.2) is 17.9 Å². The lowest BCUT2D eigenvalue weighted by Gasteiger charge is -1.99. The Morgan fingerprint density at radius 2 is 1.82 bits per heavy atom. The van der Waals surface area contributed by atoms with Gasteiger partial charge in [-0.05, 0) is 11.6 Å². The van der Waals surface area contributed by atoms with Crippen LogP contribution in [-0.4, -0.2) is 26.1 Å². The Bertz CT molecular complexity index is 271. The van der Waals surface area contributed by atoms with Crippen LogP contribution in [-0.2, 0) is 10.0 Å². The van der Waals surface area contributed by atoms with Gasteiger partial charge in [-0.2, -0.15) is 0 Å². The topological polar surface area (TPSA) is 92.3 Å². The zero-order valence-electron chi connectivity index (χ0n) is 5.42. The molecule has 8 heteroatoms. The van der Waals surface area contributed by atoms with Gasteiger partial charge >= 0.3 is 11.4 Å². The van der Waals surface area contributed by atoms with Crippen molar-refractivity contribution in [2.75, 3.05) is 6.26 Å². The number of amides is 3. The molecular formula is C3H5ClN2O4S. The van der Waals surface area contributed by atoms with Gasteiger partial charge < -0.3 is 0 Å². The molecule has 2 N–H and O–H groups in total. The van der Waals surface area contributed by atoms with E-state index in [-0.39, 0.29) is 0 Å². The molecule has 3 amide bonds. The lowest BCUT2D eigenvalue weighted by atomic mass is 11.0. The highest BCUT2D eigenvalue weighted by Gasteiger charge is 2.09. The van der Waals surface area contributed by atoms with E-state index in [1.54, 1.807) is 0 Å². The zero-order chi connectivity index (χ0) is 9.07. The predicted molar refractivity (Wildman–Crippen MR) is 37.8 cm³/mol. The first-order valence-corrected chi connectivity index (χ1v) is 4.56. The Kier molecular flexibility index (Phi) is 3.27. The Morgan fingerprint density at radius 3 is 2.09 bits per heavy atom. The van der Waals surface area contributed by atoms with Crippen molar-refractivity contribution in [1.82, 2.24) is 10.0 Å². The van der Waals surface area contributed by atoms with Crippen molar-refractivity contribution in [3.63, 3.8) is 0 Å². The number of urea groups is 1. The molecule has 0 rings (SSSR count). The maximum atomic E-state index is 10.4. The minimum Gasteiger partial charge on any atom is -0.264 e. The molecule has 64 valence electrons. The van der Waals surface area contributed by atoms with E-state index in [0.717, 1.165) is 6.26 Å². The standard InChI is InChI=1S/C3H5ClN2O4S/c1-11(9,10)6-3(8)5-2(4)7/h1H3,(H2,5,6,7,8). The number of sulfonamides is 1. The minimum absolute atomic E-state index is 0.769. The molecule has 0 saturated heterocycles. The summed E-state index contributed by atoms with van der Waals surface area (Å²) in [4.78, 5) is 20.3. The van der Waals surface area contributed by atoms with Gasteiger partial charge in [0, 0.05) is 0 Å². The smallest absolute Gasteiger partial charge is 0.264 e. The van der Waals surface area contributed by atoms with Crippen LogP contribution in [0.15, 0.2) is 0 Å². The Hall–Kier alpha value is -0.820. The molecule has 0 aliphatic rings.